The smallest absolute Gasteiger partial charge is 0.266 e. The standard InChI is InChI=1S/C22H21F3N2O/c1-12(14-4-3-5-15(21(14)23)22(24)25)27-18-8-9-26-19-11-20(28-2)16(10-17(18)19)13-6-7-13/h3-5,8-13,22H,6-7H2,1-2H3,(H,26,27)/t12-/m1/s1. The number of hydrogen-bond acceptors (Lipinski definition) is 3. The van der Waals surface area contributed by atoms with Gasteiger partial charge < -0.3 is 10.1 Å². The Kier molecular flexibility index (Phi) is 4.87. The van der Waals surface area contributed by atoms with E-state index in [1.54, 1.807) is 20.2 Å². The van der Waals surface area contributed by atoms with Crippen LogP contribution in [0.15, 0.2) is 42.6 Å². The Morgan fingerprint density at radius 3 is 2.57 bits per heavy atom. The maximum Gasteiger partial charge on any atom is 0.266 e. The lowest BCUT2D eigenvalue weighted by molar-refractivity contribution is 0.146. The summed E-state index contributed by atoms with van der Waals surface area (Å²) in [5.74, 6) is 0.449. The van der Waals surface area contributed by atoms with Crippen LogP contribution in [0, 0.1) is 5.82 Å². The maximum absolute atomic E-state index is 14.5. The van der Waals surface area contributed by atoms with Crippen molar-refractivity contribution in [2.24, 2.45) is 0 Å². The number of hydrogen-bond donors (Lipinski definition) is 1. The number of nitrogens with one attached hydrogen (secondary N) is 1. The van der Waals surface area contributed by atoms with E-state index in [2.05, 4.69) is 16.4 Å². The van der Waals surface area contributed by atoms with E-state index < -0.39 is 23.8 Å². The van der Waals surface area contributed by atoms with Crippen molar-refractivity contribution < 1.29 is 17.9 Å². The van der Waals surface area contributed by atoms with E-state index in [-0.39, 0.29) is 5.56 Å². The fourth-order valence-electron chi connectivity index (χ4n) is 3.59. The van der Waals surface area contributed by atoms with Crippen molar-refractivity contribution in [2.45, 2.75) is 38.2 Å². The van der Waals surface area contributed by atoms with E-state index in [0.717, 1.165) is 46.8 Å². The largest absolute Gasteiger partial charge is 0.496 e. The Hall–Kier alpha value is -2.76. The summed E-state index contributed by atoms with van der Waals surface area (Å²) in [5, 5.41) is 4.17. The predicted octanol–water partition coefficient (Wildman–Crippen LogP) is 6.37. The fraction of sp³-hybridized carbons (Fsp3) is 0.318. The second-order valence-electron chi connectivity index (χ2n) is 7.16. The lowest BCUT2D eigenvalue weighted by Gasteiger charge is -2.19. The first-order valence-corrected chi connectivity index (χ1v) is 9.29. The van der Waals surface area contributed by atoms with Crippen molar-refractivity contribution in [3.8, 4) is 5.75 Å². The molecule has 6 heteroatoms. The molecule has 3 nitrogen and oxygen atoms in total. The van der Waals surface area contributed by atoms with Crippen LogP contribution >= 0.6 is 0 Å². The van der Waals surface area contributed by atoms with Crippen LogP contribution in [0.5, 0.6) is 5.75 Å². The molecule has 3 aromatic rings. The average Bonchev–Trinajstić information content (AvgIpc) is 3.52. The van der Waals surface area contributed by atoms with E-state index in [0.29, 0.717) is 5.92 Å². The van der Waals surface area contributed by atoms with Gasteiger partial charge >= 0.3 is 0 Å². The zero-order valence-corrected chi connectivity index (χ0v) is 15.7. The van der Waals surface area contributed by atoms with Gasteiger partial charge in [-0.25, -0.2) is 13.2 Å². The van der Waals surface area contributed by atoms with Gasteiger partial charge in [0.2, 0.25) is 0 Å². The van der Waals surface area contributed by atoms with Gasteiger partial charge in [-0.3, -0.25) is 4.98 Å². The molecule has 1 saturated carbocycles. The molecule has 0 saturated heterocycles. The lowest BCUT2D eigenvalue weighted by Crippen LogP contribution is -2.10. The molecule has 1 fully saturated rings. The second kappa shape index (κ2) is 7.34. The third kappa shape index (κ3) is 3.39. The number of halogens is 3. The monoisotopic (exact) mass is 386 g/mol. The summed E-state index contributed by atoms with van der Waals surface area (Å²) >= 11 is 0. The molecule has 2 aromatic carbocycles. The van der Waals surface area contributed by atoms with Crippen LogP contribution in [-0.2, 0) is 0 Å². The molecule has 0 spiro atoms. The van der Waals surface area contributed by atoms with Crippen LogP contribution in [0.4, 0.5) is 18.9 Å². The first-order valence-electron chi connectivity index (χ1n) is 9.29. The molecule has 28 heavy (non-hydrogen) atoms. The molecular formula is C22H21F3N2O. The van der Waals surface area contributed by atoms with Crippen LogP contribution in [0.25, 0.3) is 10.9 Å². The second-order valence-corrected chi connectivity index (χ2v) is 7.16. The Morgan fingerprint density at radius 2 is 1.89 bits per heavy atom. The number of fused-ring (bicyclic) bond motifs is 1. The average molecular weight is 386 g/mol. The van der Waals surface area contributed by atoms with E-state index in [1.165, 1.54) is 12.1 Å². The van der Waals surface area contributed by atoms with Gasteiger partial charge in [-0.2, -0.15) is 0 Å². The van der Waals surface area contributed by atoms with Gasteiger partial charge in [0.1, 0.15) is 11.6 Å². The number of methoxy groups -OCH3 is 1. The maximum atomic E-state index is 14.5. The lowest BCUT2D eigenvalue weighted by atomic mass is 10.0. The van der Waals surface area contributed by atoms with E-state index in [4.69, 9.17) is 4.74 Å². The van der Waals surface area contributed by atoms with Crippen molar-refractivity contribution in [3.05, 3.63) is 65.1 Å². The minimum absolute atomic E-state index is 0.207. The van der Waals surface area contributed by atoms with Crippen LogP contribution in [0.2, 0.25) is 0 Å². The number of rotatable bonds is 6. The van der Waals surface area contributed by atoms with Crippen molar-refractivity contribution in [3.63, 3.8) is 0 Å². The molecule has 1 atom stereocenters. The Balaban J connectivity index is 1.72. The van der Waals surface area contributed by atoms with Crippen LogP contribution in [-0.4, -0.2) is 12.1 Å². The molecule has 0 unspecified atom stereocenters. The summed E-state index contributed by atoms with van der Waals surface area (Å²) in [6.45, 7) is 1.76. The summed E-state index contributed by atoms with van der Waals surface area (Å²) < 4.78 is 46.1. The number of nitrogens with zero attached hydrogens (tertiary/aromatic N) is 1. The third-order valence-electron chi connectivity index (χ3n) is 5.24. The van der Waals surface area contributed by atoms with Crippen molar-refractivity contribution in [1.29, 1.82) is 0 Å². The van der Waals surface area contributed by atoms with Gasteiger partial charge in [0.05, 0.1) is 24.2 Å². The SMILES string of the molecule is COc1cc2nccc(N[C@H](C)c3cccc(C(F)F)c3F)c2cc1C1CC1. The zero-order chi connectivity index (χ0) is 19.8. The minimum Gasteiger partial charge on any atom is -0.496 e. The van der Waals surface area contributed by atoms with E-state index in [9.17, 15) is 13.2 Å². The molecule has 1 aromatic heterocycles. The number of aromatic nitrogens is 1. The molecule has 1 N–H and O–H groups in total. The highest BCUT2D eigenvalue weighted by Crippen LogP contribution is 2.46. The third-order valence-corrected chi connectivity index (χ3v) is 5.24. The Bertz CT molecular complexity index is 1020. The number of pyridine rings is 1. The predicted molar refractivity (Wildman–Crippen MR) is 104 cm³/mol. The summed E-state index contributed by atoms with van der Waals surface area (Å²) in [6.07, 6.45) is 1.09. The highest BCUT2D eigenvalue weighted by Gasteiger charge is 2.28. The van der Waals surface area contributed by atoms with Gasteiger partial charge in [-0.15, -0.1) is 0 Å². The fourth-order valence-corrected chi connectivity index (χ4v) is 3.59. The molecule has 0 radical (unpaired) electrons. The normalized spacial score (nSPS) is 15.1. The Labute approximate surface area is 161 Å². The minimum atomic E-state index is -2.84. The van der Waals surface area contributed by atoms with Crippen molar-refractivity contribution in [1.82, 2.24) is 4.98 Å². The number of alkyl halides is 2. The first-order chi connectivity index (χ1) is 13.5. The molecule has 1 heterocycles. The molecule has 0 bridgehead atoms. The molecule has 0 aliphatic heterocycles. The van der Waals surface area contributed by atoms with Crippen LogP contribution in [0.1, 0.15) is 54.8 Å². The van der Waals surface area contributed by atoms with Gasteiger partial charge in [-0.05, 0) is 43.4 Å². The van der Waals surface area contributed by atoms with Crippen LogP contribution < -0.4 is 10.1 Å². The highest BCUT2D eigenvalue weighted by molar-refractivity contribution is 5.93. The van der Waals surface area contributed by atoms with E-state index in [1.807, 2.05) is 12.1 Å². The quantitative estimate of drug-likeness (QED) is 0.534. The first kappa shape index (κ1) is 18.6. The molecule has 4 rings (SSSR count). The number of ether oxygens (including phenoxy) is 1. The van der Waals surface area contributed by atoms with E-state index >= 15 is 0 Å². The number of anilines is 1. The van der Waals surface area contributed by atoms with Crippen molar-refractivity contribution in [2.75, 3.05) is 12.4 Å². The summed E-state index contributed by atoms with van der Waals surface area (Å²) in [5.41, 5.74) is 2.32. The summed E-state index contributed by atoms with van der Waals surface area (Å²) in [7, 11) is 1.65. The molecular weight excluding hydrogens is 365 g/mol. The topological polar surface area (TPSA) is 34.1 Å². The molecule has 0 amide bonds. The van der Waals surface area contributed by atoms with Gasteiger partial charge in [0, 0.05) is 28.9 Å². The Morgan fingerprint density at radius 1 is 1.14 bits per heavy atom. The highest BCUT2D eigenvalue weighted by atomic mass is 19.3. The van der Waals surface area contributed by atoms with Gasteiger partial charge in [0.25, 0.3) is 6.43 Å². The number of benzene rings is 2. The summed E-state index contributed by atoms with van der Waals surface area (Å²) in [6, 6.07) is 9.41. The van der Waals surface area contributed by atoms with Gasteiger partial charge in [0.15, 0.2) is 0 Å². The van der Waals surface area contributed by atoms with Crippen LogP contribution in [0.3, 0.4) is 0 Å². The zero-order valence-electron chi connectivity index (χ0n) is 15.7. The molecule has 1 aliphatic carbocycles. The molecule has 1 aliphatic rings. The molecule has 146 valence electrons. The van der Waals surface area contributed by atoms with Gasteiger partial charge in [-0.1, -0.05) is 18.2 Å². The summed E-state index contributed by atoms with van der Waals surface area (Å²) in [4.78, 5) is 4.41. The van der Waals surface area contributed by atoms with Crippen molar-refractivity contribution >= 4 is 16.6 Å².